The molecule has 0 aromatic carbocycles. The van der Waals surface area contributed by atoms with E-state index in [0.717, 1.165) is 24.6 Å². The van der Waals surface area contributed by atoms with Crippen LogP contribution in [-0.2, 0) is 13.0 Å². The maximum absolute atomic E-state index is 5.57. The minimum Gasteiger partial charge on any atom is -0.339 e. The Hall–Kier alpha value is -0.940. The van der Waals surface area contributed by atoms with E-state index in [0.29, 0.717) is 19.1 Å². The van der Waals surface area contributed by atoms with Gasteiger partial charge in [-0.25, -0.2) is 0 Å². The number of nitrogens with two attached hydrogens (primary N) is 1. The topological polar surface area (TPSA) is 68.2 Å². The Morgan fingerprint density at radius 1 is 1.53 bits per heavy atom. The molecule has 0 saturated carbocycles. The second kappa shape index (κ2) is 5.82. The molecule has 86 valence electrons. The Bertz CT molecular complexity index is 287. The lowest BCUT2D eigenvalue weighted by Gasteiger charge is -2.21. The molecule has 0 spiro atoms. The monoisotopic (exact) mass is 212 g/mol. The molecule has 1 aromatic heterocycles. The molecule has 0 amide bonds. The Morgan fingerprint density at radius 2 is 2.27 bits per heavy atom. The zero-order valence-corrected chi connectivity index (χ0v) is 9.73. The molecule has 1 heterocycles. The lowest BCUT2D eigenvalue weighted by molar-refractivity contribution is 0.244. The van der Waals surface area contributed by atoms with Crippen LogP contribution in [0, 0.1) is 0 Å². The Balaban J connectivity index is 2.49. The van der Waals surface area contributed by atoms with Crippen LogP contribution in [0.3, 0.4) is 0 Å². The molecule has 5 heteroatoms. The number of rotatable bonds is 6. The normalized spacial score (nSPS) is 13.4. The lowest BCUT2D eigenvalue weighted by atomic mass is 10.3. The second-order valence-corrected chi connectivity index (χ2v) is 3.85. The van der Waals surface area contributed by atoms with Crippen LogP contribution in [-0.4, -0.2) is 34.7 Å². The van der Waals surface area contributed by atoms with Crippen molar-refractivity contribution in [2.24, 2.45) is 5.73 Å². The molecule has 0 fully saturated rings. The number of hydrogen-bond donors (Lipinski definition) is 1. The predicted molar refractivity (Wildman–Crippen MR) is 58.3 cm³/mol. The molecule has 0 saturated heterocycles. The first-order valence-electron chi connectivity index (χ1n) is 5.39. The molecule has 1 unspecified atom stereocenters. The highest BCUT2D eigenvalue weighted by atomic mass is 16.5. The van der Waals surface area contributed by atoms with Gasteiger partial charge < -0.3 is 10.3 Å². The van der Waals surface area contributed by atoms with Gasteiger partial charge in [-0.05, 0) is 20.4 Å². The molecule has 1 rings (SSSR count). The van der Waals surface area contributed by atoms with Crippen molar-refractivity contribution < 1.29 is 4.52 Å². The summed E-state index contributed by atoms with van der Waals surface area (Å²) in [5.41, 5.74) is 5.57. The molecular weight excluding hydrogens is 192 g/mol. The third kappa shape index (κ3) is 3.60. The number of nitrogens with zero attached hydrogens (tertiary/aromatic N) is 3. The van der Waals surface area contributed by atoms with E-state index in [9.17, 15) is 0 Å². The first-order chi connectivity index (χ1) is 7.17. The van der Waals surface area contributed by atoms with Crippen molar-refractivity contribution in [1.29, 1.82) is 0 Å². The van der Waals surface area contributed by atoms with Crippen LogP contribution < -0.4 is 5.73 Å². The fraction of sp³-hybridized carbons (Fsp3) is 0.800. The summed E-state index contributed by atoms with van der Waals surface area (Å²) in [5.74, 6) is 1.46. The van der Waals surface area contributed by atoms with Crippen molar-refractivity contribution in [2.45, 2.75) is 39.3 Å². The van der Waals surface area contributed by atoms with Gasteiger partial charge in [0, 0.05) is 19.0 Å². The molecule has 1 atom stereocenters. The van der Waals surface area contributed by atoms with Crippen molar-refractivity contribution in [3.63, 3.8) is 0 Å². The SMILES string of the molecule is CCCc1nc(CN(C)C(C)CN)no1. The first kappa shape index (κ1) is 12.1. The number of hydrogen-bond acceptors (Lipinski definition) is 5. The summed E-state index contributed by atoms with van der Waals surface area (Å²) in [6.07, 6.45) is 1.87. The second-order valence-electron chi connectivity index (χ2n) is 3.85. The zero-order valence-electron chi connectivity index (χ0n) is 9.73. The third-order valence-electron chi connectivity index (χ3n) is 2.46. The Kier molecular flexibility index (Phi) is 4.71. The van der Waals surface area contributed by atoms with Crippen molar-refractivity contribution >= 4 is 0 Å². The van der Waals surface area contributed by atoms with Gasteiger partial charge in [-0.3, -0.25) is 4.90 Å². The molecule has 1 aromatic rings. The fourth-order valence-corrected chi connectivity index (χ4v) is 1.23. The van der Waals surface area contributed by atoms with E-state index in [1.807, 2.05) is 7.05 Å². The summed E-state index contributed by atoms with van der Waals surface area (Å²) in [6, 6.07) is 0.332. The van der Waals surface area contributed by atoms with E-state index < -0.39 is 0 Å². The van der Waals surface area contributed by atoms with Gasteiger partial charge in [0.15, 0.2) is 5.82 Å². The van der Waals surface area contributed by atoms with Crippen molar-refractivity contribution in [3.8, 4) is 0 Å². The molecule has 0 aliphatic rings. The van der Waals surface area contributed by atoms with E-state index in [4.69, 9.17) is 10.3 Å². The Labute approximate surface area is 90.6 Å². The van der Waals surface area contributed by atoms with E-state index in [-0.39, 0.29) is 0 Å². The number of aromatic nitrogens is 2. The molecule has 0 radical (unpaired) electrons. The van der Waals surface area contributed by atoms with E-state index in [1.165, 1.54) is 0 Å². The summed E-state index contributed by atoms with van der Waals surface area (Å²) in [5, 5.41) is 3.92. The quantitative estimate of drug-likeness (QED) is 0.755. The van der Waals surface area contributed by atoms with Crippen LogP contribution in [0.5, 0.6) is 0 Å². The largest absolute Gasteiger partial charge is 0.339 e. The smallest absolute Gasteiger partial charge is 0.226 e. The lowest BCUT2D eigenvalue weighted by Crippen LogP contribution is -2.35. The average Bonchev–Trinajstić information content (AvgIpc) is 2.65. The summed E-state index contributed by atoms with van der Waals surface area (Å²) in [6.45, 7) is 5.49. The summed E-state index contributed by atoms with van der Waals surface area (Å²) in [7, 11) is 2.01. The highest BCUT2D eigenvalue weighted by Gasteiger charge is 2.11. The van der Waals surface area contributed by atoms with E-state index in [1.54, 1.807) is 0 Å². The van der Waals surface area contributed by atoms with Gasteiger partial charge in [0.25, 0.3) is 0 Å². The summed E-state index contributed by atoms with van der Waals surface area (Å²) < 4.78 is 5.10. The third-order valence-corrected chi connectivity index (χ3v) is 2.46. The van der Waals surface area contributed by atoms with Gasteiger partial charge in [-0.15, -0.1) is 0 Å². The molecule has 0 bridgehead atoms. The minimum atomic E-state index is 0.332. The molecular formula is C10H20N4O. The van der Waals surface area contributed by atoms with Crippen LogP contribution in [0.25, 0.3) is 0 Å². The van der Waals surface area contributed by atoms with Gasteiger partial charge in [0.05, 0.1) is 6.54 Å². The summed E-state index contributed by atoms with van der Waals surface area (Å²) >= 11 is 0. The van der Waals surface area contributed by atoms with Gasteiger partial charge >= 0.3 is 0 Å². The molecule has 15 heavy (non-hydrogen) atoms. The maximum atomic E-state index is 5.57. The van der Waals surface area contributed by atoms with Gasteiger partial charge in [0.1, 0.15) is 0 Å². The van der Waals surface area contributed by atoms with Crippen molar-refractivity contribution in [3.05, 3.63) is 11.7 Å². The van der Waals surface area contributed by atoms with Crippen LogP contribution in [0.1, 0.15) is 32.0 Å². The highest BCUT2D eigenvalue weighted by molar-refractivity contribution is 4.86. The van der Waals surface area contributed by atoms with Crippen LogP contribution in [0.2, 0.25) is 0 Å². The molecule has 0 aliphatic heterocycles. The van der Waals surface area contributed by atoms with Crippen LogP contribution in [0.4, 0.5) is 0 Å². The summed E-state index contributed by atoms with van der Waals surface area (Å²) in [4.78, 5) is 6.41. The minimum absolute atomic E-state index is 0.332. The predicted octanol–water partition coefficient (Wildman–Crippen LogP) is 0.801. The van der Waals surface area contributed by atoms with Crippen LogP contribution >= 0.6 is 0 Å². The van der Waals surface area contributed by atoms with E-state index >= 15 is 0 Å². The Morgan fingerprint density at radius 3 is 2.87 bits per heavy atom. The van der Waals surface area contributed by atoms with Crippen molar-refractivity contribution in [2.75, 3.05) is 13.6 Å². The first-order valence-corrected chi connectivity index (χ1v) is 5.39. The highest BCUT2D eigenvalue weighted by Crippen LogP contribution is 2.04. The van der Waals surface area contributed by atoms with Gasteiger partial charge in [0.2, 0.25) is 5.89 Å². The van der Waals surface area contributed by atoms with E-state index in [2.05, 4.69) is 28.9 Å². The maximum Gasteiger partial charge on any atom is 0.226 e. The average molecular weight is 212 g/mol. The molecule has 5 nitrogen and oxygen atoms in total. The standard InChI is InChI=1S/C10H20N4O/c1-4-5-10-12-9(13-15-10)7-14(3)8(2)6-11/h8H,4-7,11H2,1-3H3. The molecule has 2 N–H and O–H groups in total. The van der Waals surface area contributed by atoms with Crippen molar-refractivity contribution in [1.82, 2.24) is 15.0 Å². The number of aryl methyl sites for hydroxylation is 1. The van der Waals surface area contributed by atoms with Crippen LogP contribution in [0.15, 0.2) is 4.52 Å². The fourth-order valence-electron chi connectivity index (χ4n) is 1.23. The zero-order chi connectivity index (χ0) is 11.3. The van der Waals surface area contributed by atoms with Gasteiger partial charge in [-0.1, -0.05) is 12.1 Å². The number of likely N-dealkylation sites (N-methyl/N-ethyl adjacent to an activating group) is 1. The molecule has 0 aliphatic carbocycles. The van der Waals surface area contributed by atoms with Gasteiger partial charge in [-0.2, -0.15) is 4.98 Å².